The van der Waals surface area contributed by atoms with Crippen molar-refractivity contribution in [2.24, 2.45) is 5.92 Å². The highest BCUT2D eigenvalue weighted by Crippen LogP contribution is 2.12. The standard InChI is InChI=1S/C26H54O4/c1-4-7-9-10-11-12-13-14-18-27-19-15-16-20-28-21-22-29-23-24-30-25-26(6-3)17-8-5-2/h26H,4-25H2,1-3H3. The van der Waals surface area contributed by atoms with Crippen LogP contribution >= 0.6 is 0 Å². The minimum absolute atomic E-state index is 0.658. The Morgan fingerprint density at radius 3 is 1.43 bits per heavy atom. The third-order valence-corrected chi connectivity index (χ3v) is 5.61. The number of hydrogen-bond acceptors (Lipinski definition) is 4. The van der Waals surface area contributed by atoms with Crippen LogP contribution in [0.2, 0.25) is 0 Å². The molecule has 1 atom stereocenters. The van der Waals surface area contributed by atoms with Crippen molar-refractivity contribution < 1.29 is 18.9 Å². The van der Waals surface area contributed by atoms with Crippen molar-refractivity contribution in [1.29, 1.82) is 0 Å². The van der Waals surface area contributed by atoms with E-state index in [1.165, 1.54) is 77.0 Å². The van der Waals surface area contributed by atoms with E-state index in [2.05, 4.69) is 20.8 Å². The zero-order chi connectivity index (χ0) is 22.0. The summed E-state index contributed by atoms with van der Waals surface area (Å²) in [7, 11) is 0. The molecule has 0 fully saturated rings. The molecule has 0 rings (SSSR count). The zero-order valence-corrected chi connectivity index (χ0v) is 20.8. The maximum atomic E-state index is 5.74. The second-order valence-electron chi connectivity index (χ2n) is 8.51. The van der Waals surface area contributed by atoms with Gasteiger partial charge in [-0.25, -0.2) is 0 Å². The first-order chi connectivity index (χ1) is 14.8. The minimum Gasteiger partial charge on any atom is -0.381 e. The summed E-state index contributed by atoms with van der Waals surface area (Å²) in [6, 6.07) is 0. The molecular formula is C26H54O4. The number of hydrogen-bond donors (Lipinski definition) is 0. The third kappa shape index (κ3) is 24.1. The van der Waals surface area contributed by atoms with Crippen LogP contribution < -0.4 is 0 Å². The van der Waals surface area contributed by atoms with Crippen molar-refractivity contribution in [1.82, 2.24) is 0 Å². The van der Waals surface area contributed by atoms with Crippen LogP contribution in [0.1, 0.15) is 111 Å². The van der Waals surface area contributed by atoms with Crippen molar-refractivity contribution in [3.8, 4) is 0 Å². The first kappa shape index (κ1) is 29.8. The van der Waals surface area contributed by atoms with Crippen LogP contribution in [-0.4, -0.2) is 52.9 Å². The van der Waals surface area contributed by atoms with Gasteiger partial charge in [0.25, 0.3) is 0 Å². The molecule has 0 N–H and O–H groups in total. The molecule has 0 aromatic rings. The molecule has 0 aliphatic carbocycles. The van der Waals surface area contributed by atoms with Crippen molar-refractivity contribution in [2.75, 3.05) is 52.9 Å². The minimum atomic E-state index is 0.658. The SMILES string of the molecule is CCCCCCCCCCOCCCCOCCOCCOCC(CC)CCCC. The van der Waals surface area contributed by atoms with Crippen LogP contribution in [0.15, 0.2) is 0 Å². The lowest BCUT2D eigenvalue weighted by Crippen LogP contribution is -2.14. The molecule has 182 valence electrons. The topological polar surface area (TPSA) is 36.9 Å². The average Bonchev–Trinajstić information content (AvgIpc) is 2.76. The highest BCUT2D eigenvalue weighted by molar-refractivity contribution is 4.55. The summed E-state index contributed by atoms with van der Waals surface area (Å²) >= 11 is 0. The van der Waals surface area contributed by atoms with Crippen LogP contribution in [0.5, 0.6) is 0 Å². The first-order valence-corrected chi connectivity index (χ1v) is 13.2. The van der Waals surface area contributed by atoms with Gasteiger partial charge >= 0.3 is 0 Å². The Kier molecular flexibility index (Phi) is 26.7. The second kappa shape index (κ2) is 26.9. The highest BCUT2D eigenvalue weighted by atomic mass is 16.5. The van der Waals surface area contributed by atoms with Crippen molar-refractivity contribution >= 4 is 0 Å². The summed E-state index contributed by atoms with van der Waals surface area (Å²) < 4.78 is 22.6. The van der Waals surface area contributed by atoms with Gasteiger partial charge in [0.15, 0.2) is 0 Å². The van der Waals surface area contributed by atoms with Gasteiger partial charge in [-0.15, -0.1) is 0 Å². The average molecular weight is 431 g/mol. The normalized spacial score (nSPS) is 12.5. The molecule has 0 aliphatic rings. The quantitative estimate of drug-likeness (QED) is 0.136. The Labute approximate surface area is 188 Å². The zero-order valence-electron chi connectivity index (χ0n) is 20.8. The molecular weight excluding hydrogens is 376 g/mol. The number of unbranched alkanes of at least 4 members (excludes halogenated alkanes) is 9. The Balaban J connectivity index is 3.09. The van der Waals surface area contributed by atoms with Gasteiger partial charge in [-0.2, -0.15) is 0 Å². The van der Waals surface area contributed by atoms with Crippen LogP contribution in [-0.2, 0) is 18.9 Å². The lowest BCUT2D eigenvalue weighted by Gasteiger charge is -2.14. The second-order valence-corrected chi connectivity index (χ2v) is 8.51. The molecule has 0 radical (unpaired) electrons. The molecule has 0 saturated heterocycles. The Morgan fingerprint density at radius 1 is 0.433 bits per heavy atom. The van der Waals surface area contributed by atoms with Gasteiger partial charge in [-0.1, -0.05) is 85.0 Å². The van der Waals surface area contributed by atoms with Gasteiger partial charge in [-0.05, 0) is 31.6 Å². The molecule has 1 unspecified atom stereocenters. The molecule has 0 bridgehead atoms. The third-order valence-electron chi connectivity index (χ3n) is 5.61. The fraction of sp³-hybridized carbons (Fsp3) is 1.00. The molecule has 0 amide bonds. The predicted molar refractivity (Wildman–Crippen MR) is 128 cm³/mol. The predicted octanol–water partition coefficient (Wildman–Crippen LogP) is 7.19. The van der Waals surface area contributed by atoms with Gasteiger partial charge in [-0.3, -0.25) is 0 Å². The maximum absolute atomic E-state index is 5.74. The van der Waals surface area contributed by atoms with Crippen molar-refractivity contribution in [2.45, 2.75) is 111 Å². The van der Waals surface area contributed by atoms with Crippen LogP contribution in [0.4, 0.5) is 0 Å². The fourth-order valence-corrected chi connectivity index (χ4v) is 3.44. The van der Waals surface area contributed by atoms with Gasteiger partial charge in [0.05, 0.1) is 26.4 Å². The largest absolute Gasteiger partial charge is 0.381 e. The van der Waals surface area contributed by atoms with E-state index in [0.29, 0.717) is 32.3 Å². The summed E-state index contributed by atoms with van der Waals surface area (Å²) in [5.74, 6) is 0.706. The Bertz CT molecular complexity index is 299. The molecule has 0 aliphatic heterocycles. The van der Waals surface area contributed by atoms with E-state index >= 15 is 0 Å². The van der Waals surface area contributed by atoms with Crippen LogP contribution in [0.3, 0.4) is 0 Å². The van der Waals surface area contributed by atoms with Gasteiger partial charge in [0, 0.05) is 26.4 Å². The fourth-order valence-electron chi connectivity index (χ4n) is 3.44. The van der Waals surface area contributed by atoms with Crippen LogP contribution in [0.25, 0.3) is 0 Å². The summed E-state index contributed by atoms with van der Waals surface area (Å²) in [5, 5.41) is 0. The maximum Gasteiger partial charge on any atom is 0.0701 e. The Hall–Kier alpha value is -0.160. The monoisotopic (exact) mass is 430 g/mol. The lowest BCUT2D eigenvalue weighted by molar-refractivity contribution is 0.00494. The highest BCUT2D eigenvalue weighted by Gasteiger charge is 2.05. The van der Waals surface area contributed by atoms with Crippen LogP contribution in [0, 0.1) is 5.92 Å². The molecule has 30 heavy (non-hydrogen) atoms. The van der Waals surface area contributed by atoms with Crippen molar-refractivity contribution in [3.63, 3.8) is 0 Å². The molecule has 4 nitrogen and oxygen atoms in total. The molecule has 4 heteroatoms. The smallest absolute Gasteiger partial charge is 0.0701 e. The summed E-state index contributed by atoms with van der Waals surface area (Å²) in [5.41, 5.74) is 0. The number of ether oxygens (including phenoxy) is 4. The van der Waals surface area contributed by atoms with Gasteiger partial charge in [0.1, 0.15) is 0 Å². The molecule has 0 aromatic carbocycles. The first-order valence-electron chi connectivity index (χ1n) is 13.2. The van der Waals surface area contributed by atoms with Crippen molar-refractivity contribution in [3.05, 3.63) is 0 Å². The summed E-state index contributed by atoms with van der Waals surface area (Å²) in [6.07, 6.45) is 18.1. The van der Waals surface area contributed by atoms with E-state index in [4.69, 9.17) is 18.9 Å². The lowest BCUT2D eigenvalue weighted by atomic mass is 10.0. The molecule has 0 spiro atoms. The van der Waals surface area contributed by atoms with E-state index in [9.17, 15) is 0 Å². The summed E-state index contributed by atoms with van der Waals surface area (Å²) in [6.45, 7) is 12.9. The molecule has 0 heterocycles. The molecule has 0 aromatic heterocycles. The van der Waals surface area contributed by atoms with E-state index in [-0.39, 0.29) is 0 Å². The number of rotatable bonds is 26. The Morgan fingerprint density at radius 2 is 0.867 bits per heavy atom. The van der Waals surface area contributed by atoms with Gasteiger partial charge in [0.2, 0.25) is 0 Å². The van der Waals surface area contributed by atoms with E-state index in [0.717, 1.165) is 39.3 Å². The van der Waals surface area contributed by atoms with E-state index in [1.54, 1.807) is 0 Å². The van der Waals surface area contributed by atoms with Gasteiger partial charge < -0.3 is 18.9 Å². The van der Waals surface area contributed by atoms with E-state index in [1.807, 2.05) is 0 Å². The molecule has 0 saturated carbocycles. The summed E-state index contributed by atoms with van der Waals surface area (Å²) in [4.78, 5) is 0. The van der Waals surface area contributed by atoms with E-state index < -0.39 is 0 Å².